The number of amides is 1. The summed E-state index contributed by atoms with van der Waals surface area (Å²) >= 11 is 16.9. The van der Waals surface area contributed by atoms with Crippen LogP contribution in [-0.2, 0) is 4.79 Å². The van der Waals surface area contributed by atoms with Crippen LogP contribution in [0.25, 0.3) is 17.4 Å². The lowest BCUT2D eigenvalue weighted by Crippen LogP contribution is -2.19. The lowest BCUT2D eigenvalue weighted by molar-refractivity contribution is -0.115. The maximum absolute atomic E-state index is 12.3. The average Bonchev–Trinajstić information content (AvgIpc) is 3.31. The van der Waals surface area contributed by atoms with Crippen molar-refractivity contribution in [2.75, 3.05) is 0 Å². The number of carbonyl (C=O) groups excluding carboxylic acids is 1. The van der Waals surface area contributed by atoms with Crippen LogP contribution < -0.4 is 5.32 Å². The van der Waals surface area contributed by atoms with Crippen LogP contribution in [0.1, 0.15) is 16.1 Å². The van der Waals surface area contributed by atoms with E-state index in [0.717, 1.165) is 16.2 Å². The number of carboxylic acids is 1. The Bertz CT molecular complexity index is 1290. The SMILES string of the molecule is O=C1NC(=Nc2ccc(Br)cc2Cl)S/C1=C\c1ccc(-c2cc(C(=O)O)ccc2Cl)o1. The third-order valence-electron chi connectivity index (χ3n) is 4.16. The van der Waals surface area contributed by atoms with E-state index in [0.29, 0.717) is 42.9 Å². The second-order valence-electron chi connectivity index (χ2n) is 6.28. The molecule has 31 heavy (non-hydrogen) atoms. The van der Waals surface area contributed by atoms with Gasteiger partial charge in [-0.1, -0.05) is 39.1 Å². The minimum Gasteiger partial charge on any atom is -0.478 e. The predicted molar refractivity (Wildman–Crippen MR) is 126 cm³/mol. The van der Waals surface area contributed by atoms with Crippen LogP contribution in [-0.4, -0.2) is 22.2 Å². The van der Waals surface area contributed by atoms with Gasteiger partial charge in [-0.3, -0.25) is 4.79 Å². The van der Waals surface area contributed by atoms with E-state index in [1.165, 1.54) is 18.2 Å². The Morgan fingerprint density at radius 2 is 1.94 bits per heavy atom. The van der Waals surface area contributed by atoms with Crippen molar-refractivity contribution in [2.45, 2.75) is 0 Å². The van der Waals surface area contributed by atoms with Gasteiger partial charge in [-0.05, 0) is 60.3 Å². The first kappa shape index (κ1) is 21.7. The summed E-state index contributed by atoms with van der Waals surface area (Å²) in [7, 11) is 0. The molecule has 2 N–H and O–H groups in total. The number of nitrogens with one attached hydrogen (secondary N) is 1. The fourth-order valence-electron chi connectivity index (χ4n) is 2.71. The number of furan rings is 1. The molecule has 2 heterocycles. The number of amidine groups is 1. The summed E-state index contributed by atoms with van der Waals surface area (Å²) in [6, 6.07) is 12.9. The Hall–Kier alpha value is -2.52. The van der Waals surface area contributed by atoms with Crippen molar-refractivity contribution in [1.29, 1.82) is 0 Å². The first-order valence-corrected chi connectivity index (χ1v) is 11.0. The molecular formula is C21H11BrCl2N2O4S. The first-order chi connectivity index (χ1) is 14.8. The summed E-state index contributed by atoms with van der Waals surface area (Å²) in [5.74, 6) is -0.587. The number of hydrogen-bond donors (Lipinski definition) is 2. The number of benzene rings is 2. The number of carbonyl (C=O) groups is 2. The van der Waals surface area contributed by atoms with Gasteiger partial charge >= 0.3 is 5.97 Å². The minimum absolute atomic E-state index is 0.0916. The van der Waals surface area contributed by atoms with Gasteiger partial charge < -0.3 is 14.8 Å². The molecule has 1 aromatic heterocycles. The number of halogens is 3. The molecule has 0 aliphatic carbocycles. The van der Waals surface area contributed by atoms with Gasteiger partial charge in [0.2, 0.25) is 0 Å². The molecule has 0 atom stereocenters. The van der Waals surface area contributed by atoms with E-state index in [4.69, 9.17) is 27.6 Å². The molecule has 1 fully saturated rings. The van der Waals surface area contributed by atoms with E-state index < -0.39 is 5.97 Å². The number of aliphatic imine (C=N–C) groups is 1. The molecule has 1 aliphatic rings. The normalized spacial score (nSPS) is 16.2. The highest BCUT2D eigenvalue weighted by Crippen LogP contribution is 2.34. The molecule has 2 aromatic carbocycles. The lowest BCUT2D eigenvalue weighted by atomic mass is 10.1. The van der Waals surface area contributed by atoms with Gasteiger partial charge in [0.1, 0.15) is 11.5 Å². The molecule has 1 saturated heterocycles. The van der Waals surface area contributed by atoms with Crippen LogP contribution in [0.3, 0.4) is 0 Å². The summed E-state index contributed by atoms with van der Waals surface area (Å²) in [6.07, 6.45) is 1.57. The molecular weight excluding hydrogens is 527 g/mol. The number of hydrogen-bond acceptors (Lipinski definition) is 5. The van der Waals surface area contributed by atoms with Crippen LogP contribution in [0.4, 0.5) is 5.69 Å². The monoisotopic (exact) mass is 536 g/mol. The summed E-state index contributed by atoms with van der Waals surface area (Å²) < 4.78 is 6.59. The highest BCUT2D eigenvalue weighted by atomic mass is 79.9. The Morgan fingerprint density at radius 1 is 1.13 bits per heavy atom. The predicted octanol–water partition coefficient (Wildman–Crippen LogP) is 6.61. The molecule has 0 spiro atoms. The Morgan fingerprint density at radius 3 is 2.68 bits per heavy atom. The van der Waals surface area contributed by atoms with Gasteiger partial charge in [-0.25, -0.2) is 9.79 Å². The average molecular weight is 538 g/mol. The van der Waals surface area contributed by atoms with E-state index in [2.05, 4.69) is 26.2 Å². The number of aromatic carboxylic acids is 1. The summed E-state index contributed by atoms with van der Waals surface area (Å²) in [5, 5.41) is 13.1. The van der Waals surface area contributed by atoms with Crippen molar-refractivity contribution in [1.82, 2.24) is 5.32 Å². The van der Waals surface area contributed by atoms with Crippen LogP contribution in [0.2, 0.25) is 10.0 Å². The number of carboxylic acid groups (broad SMARTS) is 1. The Labute approximate surface area is 199 Å². The zero-order valence-electron chi connectivity index (χ0n) is 15.4. The standard InChI is InChI=1S/C21H11BrCl2N2O4S/c22-11-2-5-16(15(24)8-11)25-21-26-19(27)18(31-21)9-12-3-6-17(30-12)13-7-10(20(28)29)1-4-14(13)23/h1-9H,(H,28,29)(H,25,26,27)/b18-9-. The van der Waals surface area contributed by atoms with E-state index in [1.54, 1.807) is 36.4 Å². The lowest BCUT2D eigenvalue weighted by Gasteiger charge is -2.02. The van der Waals surface area contributed by atoms with Crippen molar-refractivity contribution in [3.63, 3.8) is 0 Å². The highest BCUT2D eigenvalue weighted by molar-refractivity contribution is 9.10. The van der Waals surface area contributed by atoms with Crippen molar-refractivity contribution >= 4 is 79.7 Å². The highest BCUT2D eigenvalue weighted by Gasteiger charge is 2.25. The van der Waals surface area contributed by atoms with Gasteiger partial charge in [0.05, 0.1) is 26.2 Å². The van der Waals surface area contributed by atoms with Crippen molar-refractivity contribution in [3.05, 3.63) is 79.3 Å². The van der Waals surface area contributed by atoms with Gasteiger partial charge in [-0.15, -0.1) is 0 Å². The topological polar surface area (TPSA) is 91.9 Å². The molecule has 0 radical (unpaired) electrons. The van der Waals surface area contributed by atoms with Crippen LogP contribution in [0.5, 0.6) is 0 Å². The molecule has 1 amide bonds. The van der Waals surface area contributed by atoms with Crippen LogP contribution in [0.15, 0.2) is 67.3 Å². The van der Waals surface area contributed by atoms with Crippen molar-refractivity contribution < 1.29 is 19.1 Å². The summed E-state index contributed by atoms with van der Waals surface area (Å²) in [5.41, 5.74) is 1.07. The minimum atomic E-state index is -1.07. The van der Waals surface area contributed by atoms with Crippen LogP contribution in [0, 0.1) is 0 Å². The van der Waals surface area contributed by atoms with Crippen molar-refractivity contribution in [2.24, 2.45) is 4.99 Å². The maximum atomic E-state index is 12.3. The Kier molecular flexibility index (Phi) is 6.24. The quantitative estimate of drug-likeness (QED) is 0.365. The molecule has 4 rings (SSSR count). The number of rotatable bonds is 4. The summed E-state index contributed by atoms with van der Waals surface area (Å²) in [6.45, 7) is 0. The molecule has 0 unspecified atom stereocenters. The molecule has 6 nitrogen and oxygen atoms in total. The van der Waals surface area contributed by atoms with Gasteiger partial charge in [0.25, 0.3) is 5.91 Å². The van der Waals surface area contributed by atoms with E-state index in [1.807, 2.05) is 0 Å². The Balaban J connectivity index is 1.58. The largest absolute Gasteiger partial charge is 0.478 e. The fourth-order valence-corrected chi connectivity index (χ4v) is 4.45. The third-order valence-corrected chi connectivity index (χ3v) is 6.20. The maximum Gasteiger partial charge on any atom is 0.335 e. The molecule has 3 aromatic rings. The molecule has 0 saturated carbocycles. The fraction of sp³-hybridized carbons (Fsp3) is 0. The summed E-state index contributed by atoms with van der Waals surface area (Å²) in [4.78, 5) is 28.3. The molecule has 156 valence electrons. The van der Waals surface area contributed by atoms with Crippen molar-refractivity contribution in [3.8, 4) is 11.3 Å². The molecule has 10 heteroatoms. The van der Waals surface area contributed by atoms with E-state index in [9.17, 15) is 14.7 Å². The van der Waals surface area contributed by atoms with Crippen LogP contribution >= 0.6 is 50.9 Å². The van der Waals surface area contributed by atoms with Gasteiger partial charge in [0, 0.05) is 16.1 Å². The van der Waals surface area contributed by atoms with Gasteiger partial charge in [-0.2, -0.15) is 0 Å². The zero-order chi connectivity index (χ0) is 22.1. The van der Waals surface area contributed by atoms with E-state index >= 15 is 0 Å². The smallest absolute Gasteiger partial charge is 0.335 e. The molecule has 1 aliphatic heterocycles. The third kappa shape index (κ3) is 4.88. The van der Waals surface area contributed by atoms with E-state index in [-0.39, 0.29) is 11.5 Å². The second kappa shape index (κ2) is 8.92. The van der Waals surface area contributed by atoms with Gasteiger partial charge in [0.15, 0.2) is 5.17 Å². The first-order valence-electron chi connectivity index (χ1n) is 8.68. The second-order valence-corrected chi connectivity index (χ2v) is 9.04. The zero-order valence-corrected chi connectivity index (χ0v) is 19.3. The number of thioether (sulfide) groups is 1. The number of nitrogens with zero attached hydrogens (tertiary/aromatic N) is 1. The molecule has 0 bridgehead atoms.